The number of carbonyl (C=O) groups is 7. The summed E-state index contributed by atoms with van der Waals surface area (Å²) in [5.41, 5.74) is 31.9. The van der Waals surface area contributed by atoms with Gasteiger partial charge in [0, 0.05) is 79.9 Å². The number of primary amides is 1. The van der Waals surface area contributed by atoms with Gasteiger partial charge in [0.25, 0.3) is 0 Å². The van der Waals surface area contributed by atoms with E-state index < -0.39 is 77.6 Å². The number of para-hydroxylation sites is 2. The zero-order valence-corrected chi connectivity index (χ0v) is 43.0. The van der Waals surface area contributed by atoms with Gasteiger partial charge in [0.15, 0.2) is 11.9 Å². The first-order valence-electron chi connectivity index (χ1n) is 25.2. The number of rotatable bonds is 28. The van der Waals surface area contributed by atoms with E-state index in [0.29, 0.717) is 16.7 Å². The van der Waals surface area contributed by atoms with Crippen LogP contribution in [0.5, 0.6) is 11.5 Å². The lowest BCUT2D eigenvalue weighted by Gasteiger charge is -2.28. The van der Waals surface area contributed by atoms with Crippen molar-refractivity contribution in [2.75, 3.05) is 13.1 Å². The van der Waals surface area contributed by atoms with Gasteiger partial charge < -0.3 is 80.8 Å². The van der Waals surface area contributed by atoms with Gasteiger partial charge in [-0.2, -0.15) is 0 Å². The number of aliphatic imine (C=N–C) groups is 2. The Hall–Kier alpha value is -9.61. The van der Waals surface area contributed by atoms with Crippen molar-refractivity contribution < 1.29 is 43.8 Å². The summed E-state index contributed by atoms with van der Waals surface area (Å²) in [7, 11) is 0. The lowest BCUT2D eigenvalue weighted by Crippen LogP contribution is -2.60. The Bertz CT molecular complexity index is 3110. The molecule has 412 valence electrons. The second kappa shape index (κ2) is 27.8. The van der Waals surface area contributed by atoms with Crippen molar-refractivity contribution in [3.8, 4) is 11.5 Å². The smallest absolute Gasteiger partial charge is 0.243 e. The van der Waals surface area contributed by atoms with Gasteiger partial charge in [-0.25, -0.2) is 0 Å². The molecule has 0 saturated heterocycles. The fourth-order valence-electron chi connectivity index (χ4n) is 8.78. The van der Waals surface area contributed by atoms with Crippen LogP contribution in [0.25, 0.3) is 21.8 Å². The molecule has 24 heteroatoms. The summed E-state index contributed by atoms with van der Waals surface area (Å²) in [5, 5.41) is 37.9. The number of aromatic nitrogens is 2. The van der Waals surface area contributed by atoms with Gasteiger partial charge in [-0.3, -0.25) is 43.5 Å². The number of carbonyl (C=O) groups excluding carboxylic acids is 7. The van der Waals surface area contributed by atoms with Crippen LogP contribution in [-0.2, 0) is 59.2 Å². The summed E-state index contributed by atoms with van der Waals surface area (Å²) in [6.45, 7) is 1.40. The molecule has 24 nitrogen and oxygen atoms in total. The van der Waals surface area contributed by atoms with E-state index >= 15 is 0 Å². The molecule has 0 unspecified atom stereocenters. The first-order valence-corrected chi connectivity index (χ1v) is 25.2. The minimum atomic E-state index is -1.45. The number of nitrogens with two attached hydrogens (primary N) is 5. The predicted molar refractivity (Wildman–Crippen MR) is 294 cm³/mol. The lowest BCUT2D eigenvalue weighted by atomic mass is 10.00. The number of benzene rings is 4. The molecule has 0 fully saturated rings. The normalized spacial score (nSPS) is 13.3. The number of H-pyrrole nitrogens is 2. The van der Waals surface area contributed by atoms with Crippen LogP contribution in [0.15, 0.2) is 119 Å². The summed E-state index contributed by atoms with van der Waals surface area (Å²) in [6.07, 6.45) is 3.35. The minimum Gasteiger partial charge on any atom is -0.508 e. The van der Waals surface area contributed by atoms with Gasteiger partial charge in [0.2, 0.25) is 41.4 Å². The average Bonchev–Trinajstić information content (AvgIpc) is 4.01. The van der Waals surface area contributed by atoms with Crippen LogP contribution in [0.2, 0.25) is 0 Å². The van der Waals surface area contributed by atoms with E-state index in [1.165, 1.54) is 31.2 Å². The Morgan fingerprint density at radius 3 is 1.21 bits per heavy atom. The van der Waals surface area contributed by atoms with Crippen molar-refractivity contribution in [2.24, 2.45) is 38.7 Å². The highest BCUT2D eigenvalue weighted by Crippen LogP contribution is 2.22. The molecule has 2 aromatic heterocycles. The van der Waals surface area contributed by atoms with E-state index in [2.05, 4.69) is 51.9 Å². The number of phenols is 2. The van der Waals surface area contributed by atoms with Crippen LogP contribution < -0.4 is 60.6 Å². The fourth-order valence-corrected chi connectivity index (χ4v) is 8.78. The Balaban J connectivity index is 1.31. The summed E-state index contributed by atoms with van der Waals surface area (Å²) in [4.78, 5) is 112. The van der Waals surface area contributed by atoms with Gasteiger partial charge in [-0.05, 0) is 84.3 Å². The molecule has 0 aliphatic carbocycles. The maximum atomic E-state index is 14.9. The van der Waals surface area contributed by atoms with Gasteiger partial charge in [0.05, 0.1) is 0 Å². The third-order valence-electron chi connectivity index (χ3n) is 12.7. The van der Waals surface area contributed by atoms with Crippen LogP contribution in [-0.4, -0.2) is 123 Å². The van der Waals surface area contributed by atoms with E-state index in [0.717, 1.165) is 27.4 Å². The second-order valence-corrected chi connectivity index (χ2v) is 18.7. The van der Waals surface area contributed by atoms with Gasteiger partial charge in [-0.15, -0.1) is 0 Å². The molecule has 6 atom stereocenters. The molecular formula is C54H67N15O9. The molecule has 7 amide bonds. The highest BCUT2D eigenvalue weighted by molar-refractivity contribution is 5.98. The van der Waals surface area contributed by atoms with Crippen LogP contribution in [0.3, 0.4) is 0 Å². The zero-order chi connectivity index (χ0) is 56.3. The summed E-state index contributed by atoms with van der Waals surface area (Å²) in [6, 6.07) is 18.6. The molecule has 6 rings (SSSR count). The number of nitrogens with one attached hydrogen (secondary N) is 8. The van der Waals surface area contributed by atoms with E-state index in [1.807, 2.05) is 42.5 Å². The van der Waals surface area contributed by atoms with Crippen molar-refractivity contribution in [3.63, 3.8) is 0 Å². The van der Waals surface area contributed by atoms with Crippen molar-refractivity contribution in [2.45, 2.75) is 94.5 Å². The van der Waals surface area contributed by atoms with E-state index in [-0.39, 0.29) is 87.9 Å². The molecule has 0 bridgehead atoms. The minimum absolute atomic E-state index is 0.0132. The summed E-state index contributed by atoms with van der Waals surface area (Å²) in [5.74, 6) is -5.84. The van der Waals surface area contributed by atoms with Crippen molar-refractivity contribution in [3.05, 3.63) is 132 Å². The maximum Gasteiger partial charge on any atom is 0.243 e. The molecular weight excluding hydrogens is 1000 g/mol. The summed E-state index contributed by atoms with van der Waals surface area (Å²) >= 11 is 0. The number of hydrogen-bond donors (Lipinski definition) is 15. The Kier molecular flexibility index (Phi) is 20.5. The van der Waals surface area contributed by atoms with Crippen LogP contribution in [0, 0.1) is 0 Å². The number of amides is 7. The van der Waals surface area contributed by atoms with E-state index in [4.69, 9.17) is 28.7 Å². The quantitative estimate of drug-likeness (QED) is 0.0173. The molecule has 0 radical (unpaired) electrons. The maximum absolute atomic E-state index is 14.9. The molecule has 0 saturated carbocycles. The van der Waals surface area contributed by atoms with Gasteiger partial charge in [0.1, 0.15) is 47.8 Å². The number of aromatic hydroxyl groups is 2. The number of hydrogen-bond acceptors (Lipinski definition) is 11. The average molecular weight is 1070 g/mol. The van der Waals surface area contributed by atoms with Crippen molar-refractivity contribution in [1.29, 1.82) is 0 Å². The molecule has 20 N–H and O–H groups in total. The van der Waals surface area contributed by atoms with Gasteiger partial charge >= 0.3 is 0 Å². The van der Waals surface area contributed by atoms with Crippen LogP contribution >= 0.6 is 0 Å². The molecule has 2 heterocycles. The predicted octanol–water partition coefficient (Wildman–Crippen LogP) is -0.148. The standard InChI is InChI=1S/C54H67N15O9/c1-30(70)64-45(26-33-28-62-39-10-4-2-8-37(33)39)51(77)65-42(13-7-23-61-54(58)59)49(75)68-44(25-32-16-20-36(72)21-17-32)50(76)69-46(27-34-29-63-40-11-5-3-9-38(34)40)52(78)66-41(12-6-22-60-53(56)57)48(74)67-43(47(55)73)24-31-14-18-35(71)19-15-31/h2-5,8-11,14-21,28-29,41-46,62-63,71-72H,6-7,12-13,22-27H2,1H3,(H2,55,73)(H,64,70)(H,65,77)(H,66,78)(H,67,74)(H,68,75)(H,69,76)(H4,56,57,60)(H4,58,59,61)/t41-,42-,43-,44-,45-,46-/m0/s1. The lowest BCUT2D eigenvalue weighted by molar-refractivity contribution is -0.135. The molecule has 0 aliphatic rings. The monoisotopic (exact) mass is 1070 g/mol. The first kappa shape index (κ1) is 57.7. The summed E-state index contributed by atoms with van der Waals surface area (Å²) < 4.78 is 0. The fraction of sp³-hybridized carbons (Fsp3) is 0.315. The molecule has 0 aliphatic heterocycles. The van der Waals surface area contributed by atoms with Crippen molar-refractivity contribution in [1.82, 2.24) is 41.9 Å². The SMILES string of the molecule is CC(=O)N[C@@H](Cc1c[nH]c2ccccc12)C(=O)N[C@@H](CCCN=C(N)N)C(=O)N[C@@H](Cc1ccc(O)cc1)C(=O)N[C@@H](Cc1c[nH]c2ccccc12)C(=O)N[C@@H](CCCN=C(N)N)C(=O)N[C@@H](Cc1ccc(O)cc1)C(N)=O. The molecule has 4 aromatic carbocycles. The highest BCUT2D eigenvalue weighted by Gasteiger charge is 2.34. The molecule has 0 spiro atoms. The zero-order valence-electron chi connectivity index (χ0n) is 43.0. The molecule has 78 heavy (non-hydrogen) atoms. The number of aromatic amines is 2. The second-order valence-electron chi connectivity index (χ2n) is 18.7. The first-order chi connectivity index (χ1) is 37.3. The third kappa shape index (κ3) is 17.2. The highest BCUT2D eigenvalue weighted by atomic mass is 16.3. The number of nitrogens with zero attached hydrogens (tertiary/aromatic N) is 2. The van der Waals surface area contributed by atoms with E-state index in [1.54, 1.807) is 42.7 Å². The van der Waals surface area contributed by atoms with Crippen LogP contribution in [0.4, 0.5) is 0 Å². The topological polar surface area (TPSA) is 419 Å². The van der Waals surface area contributed by atoms with Crippen molar-refractivity contribution >= 4 is 75.1 Å². The van der Waals surface area contributed by atoms with Crippen LogP contribution in [0.1, 0.15) is 54.9 Å². The largest absolute Gasteiger partial charge is 0.508 e. The Labute approximate surface area is 448 Å². The Morgan fingerprint density at radius 2 is 0.808 bits per heavy atom. The molecule has 6 aromatic rings. The number of phenolic OH excluding ortho intramolecular Hbond substituents is 2. The number of guanidine groups is 2. The number of fused-ring (bicyclic) bond motifs is 2. The van der Waals surface area contributed by atoms with Gasteiger partial charge in [-0.1, -0.05) is 60.7 Å². The third-order valence-corrected chi connectivity index (χ3v) is 12.7. The van der Waals surface area contributed by atoms with E-state index in [9.17, 15) is 43.8 Å². The Morgan fingerprint density at radius 1 is 0.462 bits per heavy atom.